The minimum absolute atomic E-state index is 0.214. The molecule has 2 aromatic rings. The summed E-state index contributed by atoms with van der Waals surface area (Å²) >= 11 is 4.90. The second-order valence-electron chi connectivity index (χ2n) is 4.42. The van der Waals surface area contributed by atoms with E-state index in [0.717, 1.165) is 9.37 Å². The van der Waals surface area contributed by atoms with Gasteiger partial charge < -0.3 is 0 Å². The molecule has 2 amide bonds. The Morgan fingerprint density at radius 2 is 1.64 bits per heavy atom. The van der Waals surface area contributed by atoms with Gasteiger partial charge in [-0.05, 0) is 36.4 Å². The predicted octanol–water partition coefficient (Wildman–Crippen LogP) is 3.39. The van der Waals surface area contributed by atoms with Crippen molar-refractivity contribution in [1.82, 2.24) is 10.9 Å². The van der Waals surface area contributed by atoms with Crippen molar-refractivity contribution in [1.29, 1.82) is 0 Å². The largest absolute Gasteiger partial charge is 0.273 e. The molecule has 0 aliphatic rings. The minimum Gasteiger partial charge on any atom is -0.273 e. The first-order valence-electron chi connectivity index (χ1n) is 6.68. The number of benzene rings is 2. The van der Waals surface area contributed by atoms with E-state index in [0.29, 0.717) is 17.7 Å². The normalized spacial score (nSPS) is 10.0. The predicted molar refractivity (Wildman–Crippen MR) is 91.5 cm³/mol. The molecule has 2 rings (SSSR count). The lowest BCUT2D eigenvalue weighted by atomic mass is 10.2. The quantitative estimate of drug-likeness (QED) is 0.619. The highest BCUT2D eigenvalue weighted by Crippen LogP contribution is 2.17. The summed E-state index contributed by atoms with van der Waals surface area (Å²) in [6.45, 7) is 0. The third-order valence-electron chi connectivity index (χ3n) is 2.76. The lowest BCUT2D eigenvalue weighted by Gasteiger charge is -2.07. The zero-order valence-electron chi connectivity index (χ0n) is 11.7. The summed E-state index contributed by atoms with van der Waals surface area (Å²) in [5.41, 5.74) is 5.31. The molecule has 0 saturated heterocycles. The number of carbonyl (C=O) groups is 2. The Morgan fingerprint density at radius 3 is 2.32 bits per heavy atom. The zero-order chi connectivity index (χ0) is 15.8. The summed E-state index contributed by atoms with van der Waals surface area (Å²) in [5.74, 6) is 0.106. The van der Waals surface area contributed by atoms with Crippen LogP contribution in [0, 0.1) is 0 Å². The molecule has 22 heavy (non-hydrogen) atoms. The van der Waals surface area contributed by atoms with Crippen LogP contribution in [0.2, 0.25) is 0 Å². The van der Waals surface area contributed by atoms with Gasteiger partial charge in [0, 0.05) is 27.1 Å². The molecule has 0 spiro atoms. The van der Waals surface area contributed by atoms with Gasteiger partial charge in [-0.3, -0.25) is 20.4 Å². The fourth-order valence-electron chi connectivity index (χ4n) is 1.64. The molecule has 0 aliphatic carbocycles. The van der Waals surface area contributed by atoms with E-state index in [-0.39, 0.29) is 11.8 Å². The van der Waals surface area contributed by atoms with Crippen molar-refractivity contribution in [2.24, 2.45) is 0 Å². The molecule has 0 unspecified atom stereocenters. The average Bonchev–Trinajstić information content (AvgIpc) is 2.54. The lowest BCUT2D eigenvalue weighted by molar-refractivity contribution is -0.121. The standard InChI is InChI=1S/C16H15BrN2O2S/c17-13-8-6-12(7-9-13)16(21)19-18-15(20)10-11-22-14-4-2-1-3-5-14/h1-9H,10-11H2,(H,18,20)(H,19,21). The van der Waals surface area contributed by atoms with E-state index < -0.39 is 0 Å². The van der Waals surface area contributed by atoms with Crippen LogP contribution in [-0.4, -0.2) is 17.6 Å². The third-order valence-corrected chi connectivity index (χ3v) is 4.31. The van der Waals surface area contributed by atoms with Gasteiger partial charge in [0.05, 0.1) is 0 Å². The van der Waals surface area contributed by atoms with E-state index in [4.69, 9.17) is 0 Å². The van der Waals surface area contributed by atoms with Crippen LogP contribution in [0.3, 0.4) is 0 Å². The maximum absolute atomic E-state index is 11.8. The van der Waals surface area contributed by atoms with Gasteiger partial charge in [-0.1, -0.05) is 34.1 Å². The third kappa shape index (κ3) is 5.54. The summed E-state index contributed by atoms with van der Waals surface area (Å²) in [6, 6.07) is 16.8. The molecule has 0 saturated carbocycles. The average molecular weight is 379 g/mol. The Bertz CT molecular complexity index is 632. The maximum atomic E-state index is 11.8. The first-order valence-corrected chi connectivity index (χ1v) is 8.45. The van der Waals surface area contributed by atoms with Crippen LogP contribution in [0.4, 0.5) is 0 Å². The highest BCUT2D eigenvalue weighted by atomic mass is 79.9. The van der Waals surface area contributed by atoms with E-state index in [1.54, 1.807) is 36.0 Å². The van der Waals surface area contributed by atoms with Crippen LogP contribution in [0.25, 0.3) is 0 Å². The Balaban J connectivity index is 1.69. The van der Waals surface area contributed by atoms with Crippen LogP contribution in [0.5, 0.6) is 0 Å². The number of nitrogens with one attached hydrogen (secondary N) is 2. The molecule has 0 heterocycles. The molecular weight excluding hydrogens is 364 g/mol. The first-order chi connectivity index (χ1) is 10.6. The molecule has 0 atom stereocenters. The monoisotopic (exact) mass is 378 g/mol. The summed E-state index contributed by atoms with van der Waals surface area (Å²) in [4.78, 5) is 24.6. The van der Waals surface area contributed by atoms with Gasteiger partial charge in [-0.15, -0.1) is 11.8 Å². The molecule has 2 N–H and O–H groups in total. The van der Waals surface area contributed by atoms with Crippen molar-refractivity contribution in [3.05, 3.63) is 64.6 Å². The topological polar surface area (TPSA) is 58.2 Å². The molecule has 0 bridgehead atoms. The Morgan fingerprint density at radius 1 is 0.955 bits per heavy atom. The number of hydrazine groups is 1. The molecule has 2 aromatic carbocycles. The Hall–Kier alpha value is -1.79. The fourth-order valence-corrected chi connectivity index (χ4v) is 2.78. The van der Waals surface area contributed by atoms with Crippen molar-refractivity contribution in [2.45, 2.75) is 11.3 Å². The van der Waals surface area contributed by atoms with E-state index in [9.17, 15) is 9.59 Å². The second kappa shape index (κ2) is 8.60. The summed E-state index contributed by atoms with van der Waals surface area (Å²) in [6.07, 6.45) is 0.334. The number of amides is 2. The van der Waals surface area contributed by atoms with Gasteiger partial charge in [-0.2, -0.15) is 0 Å². The molecule has 4 nitrogen and oxygen atoms in total. The van der Waals surface area contributed by atoms with Crippen molar-refractivity contribution in [3.8, 4) is 0 Å². The summed E-state index contributed by atoms with van der Waals surface area (Å²) < 4.78 is 0.894. The van der Waals surface area contributed by atoms with Crippen LogP contribution >= 0.6 is 27.7 Å². The van der Waals surface area contributed by atoms with Gasteiger partial charge in [0.2, 0.25) is 5.91 Å². The van der Waals surface area contributed by atoms with E-state index >= 15 is 0 Å². The van der Waals surface area contributed by atoms with Crippen LogP contribution in [0.15, 0.2) is 64.0 Å². The van der Waals surface area contributed by atoms with Crippen molar-refractivity contribution < 1.29 is 9.59 Å². The molecule has 0 fully saturated rings. The Labute approximate surface area is 141 Å². The van der Waals surface area contributed by atoms with Crippen LogP contribution in [-0.2, 0) is 4.79 Å². The van der Waals surface area contributed by atoms with E-state index in [1.165, 1.54) is 0 Å². The molecule has 6 heteroatoms. The molecule has 0 radical (unpaired) electrons. The fraction of sp³-hybridized carbons (Fsp3) is 0.125. The second-order valence-corrected chi connectivity index (χ2v) is 6.50. The summed E-state index contributed by atoms with van der Waals surface area (Å²) in [5, 5.41) is 0. The van der Waals surface area contributed by atoms with Gasteiger partial charge in [0.15, 0.2) is 0 Å². The smallest absolute Gasteiger partial charge is 0.269 e. The van der Waals surface area contributed by atoms with E-state index in [1.807, 2.05) is 30.3 Å². The number of hydrogen-bond acceptors (Lipinski definition) is 3. The number of hydrogen-bond donors (Lipinski definition) is 2. The van der Waals surface area contributed by atoms with Gasteiger partial charge in [-0.25, -0.2) is 0 Å². The number of rotatable bonds is 5. The van der Waals surface area contributed by atoms with Crippen LogP contribution < -0.4 is 10.9 Å². The lowest BCUT2D eigenvalue weighted by Crippen LogP contribution is -2.41. The highest BCUT2D eigenvalue weighted by molar-refractivity contribution is 9.10. The van der Waals surface area contributed by atoms with Gasteiger partial charge in [0.25, 0.3) is 5.91 Å². The SMILES string of the molecule is O=C(CCSc1ccccc1)NNC(=O)c1ccc(Br)cc1. The van der Waals surface area contributed by atoms with Gasteiger partial charge >= 0.3 is 0 Å². The Kier molecular flexibility index (Phi) is 6.48. The number of carbonyl (C=O) groups excluding carboxylic acids is 2. The molecule has 0 aromatic heterocycles. The molecule has 0 aliphatic heterocycles. The first kappa shape index (κ1) is 16.6. The highest BCUT2D eigenvalue weighted by Gasteiger charge is 2.07. The summed E-state index contributed by atoms with van der Waals surface area (Å²) in [7, 11) is 0. The van der Waals surface area contributed by atoms with E-state index in [2.05, 4.69) is 26.8 Å². The van der Waals surface area contributed by atoms with Gasteiger partial charge in [0.1, 0.15) is 0 Å². The van der Waals surface area contributed by atoms with Crippen molar-refractivity contribution >= 4 is 39.5 Å². The maximum Gasteiger partial charge on any atom is 0.269 e. The van der Waals surface area contributed by atoms with Crippen molar-refractivity contribution in [3.63, 3.8) is 0 Å². The minimum atomic E-state index is -0.337. The molecular formula is C16H15BrN2O2S. The zero-order valence-corrected chi connectivity index (χ0v) is 14.1. The number of thioether (sulfide) groups is 1. The van der Waals surface area contributed by atoms with Crippen LogP contribution in [0.1, 0.15) is 16.8 Å². The van der Waals surface area contributed by atoms with Crippen molar-refractivity contribution in [2.75, 3.05) is 5.75 Å². The number of halogens is 1. The molecule has 114 valence electrons.